The van der Waals surface area contributed by atoms with E-state index in [-0.39, 0.29) is 23.0 Å². The van der Waals surface area contributed by atoms with E-state index in [2.05, 4.69) is 22.0 Å². The van der Waals surface area contributed by atoms with Crippen molar-refractivity contribution in [1.82, 2.24) is 10.4 Å². The number of amidine groups is 1. The molecule has 0 aliphatic heterocycles. The van der Waals surface area contributed by atoms with Gasteiger partial charge in [-0.3, -0.25) is 0 Å². The topological polar surface area (TPSA) is 110 Å². The maximum atomic E-state index is 13.6. The predicted octanol–water partition coefficient (Wildman–Crippen LogP) is 2.93. The molecular formula is C17H17F2N5O. The molecule has 6 N–H and O–H groups in total. The molecule has 130 valence electrons. The number of allylic oxidation sites excluding steroid dienone is 2. The van der Waals surface area contributed by atoms with Gasteiger partial charge in [0.25, 0.3) is 0 Å². The van der Waals surface area contributed by atoms with Crippen LogP contribution in [0.5, 0.6) is 5.75 Å². The lowest BCUT2D eigenvalue weighted by molar-refractivity contribution is 0.477. The van der Waals surface area contributed by atoms with E-state index in [1.54, 1.807) is 24.3 Å². The number of halogens is 2. The van der Waals surface area contributed by atoms with E-state index in [1.165, 1.54) is 12.3 Å². The van der Waals surface area contributed by atoms with E-state index in [4.69, 9.17) is 11.6 Å². The molecule has 25 heavy (non-hydrogen) atoms. The van der Waals surface area contributed by atoms with E-state index in [9.17, 15) is 13.9 Å². The van der Waals surface area contributed by atoms with Crippen molar-refractivity contribution in [3.05, 3.63) is 66.0 Å². The third-order valence-electron chi connectivity index (χ3n) is 3.33. The van der Waals surface area contributed by atoms with Crippen LogP contribution < -0.4 is 17.0 Å². The van der Waals surface area contributed by atoms with Crippen molar-refractivity contribution in [2.75, 3.05) is 5.73 Å². The summed E-state index contributed by atoms with van der Waals surface area (Å²) in [5, 5.41) is 9.96. The standard InChI is InChI=1S/C17H17F2N5O/c1-9(18)15(19)10(2)23-17(24-21)13-7-11(8-22-16(13)20)12-5-3-4-6-14(12)25/h3-8,25H,2,21H2,1H3,(H2,20,22)(H,23,24)/b15-9-. The minimum Gasteiger partial charge on any atom is -0.507 e. The quantitative estimate of drug-likeness (QED) is 0.224. The normalized spacial score (nSPS) is 12.6. The van der Waals surface area contributed by atoms with Gasteiger partial charge in [-0.2, -0.15) is 0 Å². The van der Waals surface area contributed by atoms with Gasteiger partial charge in [0.2, 0.25) is 0 Å². The van der Waals surface area contributed by atoms with E-state index in [0.717, 1.165) is 6.92 Å². The van der Waals surface area contributed by atoms with Crippen LogP contribution in [-0.2, 0) is 0 Å². The highest BCUT2D eigenvalue weighted by Gasteiger charge is 2.14. The number of anilines is 1. The molecule has 0 aliphatic rings. The molecule has 2 rings (SSSR count). The van der Waals surface area contributed by atoms with Crippen LogP contribution in [0.1, 0.15) is 12.5 Å². The Balaban J connectivity index is 2.54. The fourth-order valence-electron chi connectivity index (χ4n) is 2.08. The maximum absolute atomic E-state index is 13.6. The zero-order valence-electron chi connectivity index (χ0n) is 13.4. The van der Waals surface area contributed by atoms with Gasteiger partial charge < -0.3 is 16.3 Å². The molecule has 1 heterocycles. The average Bonchev–Trinajstić information content (AvgIpc) is 2.60. The lowest BCUT2D eigenvalue weighted by Gasteiger charge is -2.11. The van der Waals surface area contributed by atoms with Gasteiger partial charge in [0.1, 0.15) is 17.4 Å². The predicted molar refractivity (Wildman–Crippen MR) is 93.7 cm³/mol. The number of nitrogen functional groups attached to an aromatic ring is 1. The van der Waals surface area contributed by atoms with Gasteiger partial charge >= 0.3 is 0 Å². The summed E-state index contributed by atoms with van der Waals surface area (Å²) in [5.41, 5.74) is 8.94. The molecule has 2 aromatic rings. The first-order chi connectivity index (χ1) is 11.8. The van der Waals surface area contributed by atoms with E-state index < -0.39 is 17.4 Å². The third-order valence-corrected chi connectivity index (χ3v) is 3.33. The van der Waals surface area contributed by atoms with Gasteiger partial charge in [0, 0.05) is 17.3 Å². The number of hydrogen-bond acceptors (Lipinski definition) is 5. The number of aromatic nitrogens is 1. The molecule has 0 unspecified atom stereocenters. The number of phenols is 1. The minimum atomic E-state index is -1.20. The Morgan fingerprint density at radius 1 is 1.32 bits per heavy atom. The molecule has 6 nitrogen and oxygen atoms in total. The van der Waals surface area contributed by atoms with Gasteiger partial charge in [0.15, 0.2) is 11.7 Å². The highest BCUT2D eigenvalue weighted by molar-refractivity contribution is 6.03. The maximum Gasteiger partial charge on any atom is 0.179 e. The first-order valence-corrected chi connectivity index (χ1v) is 7.15. The number of nitrogens with one attached hydrogen (secondary N) is 1. The SMILES string of the molecule is C=C(N=C(NN)c1cc(-c2ccccc2O)cnc1N)/C(F)=C(\C)F. The number of aromatic hydroxyl groups is 1. The monoisotopic (exact) mass is 345 g/mol. The molecule has 0 saturated carbocycles. The van der Waals surface area contributed by atoms with Crippen LogP contribution in [0.2, 0.25) is 0 Å². The van der Waals surface area contributed by atoms with Gasteiger partial charge in [-0.05, 0) is 19.1 Å². The molecule has 0 radical (unpaired) electrons. The van der Waals surface area contributed by atoms with Crippen molar-refractivity contribution < 1.29 is 13.9 Å². The fraction of sp³-hybridized carbons (Fsp3) is 0.0588. The summed E-state index contributed by atoms with van der Waals surface area (Å²) >= 11 is 0. The number of rotatable bonds is 4. The van der Waals surface area contributed by atoms with Crippen molar-refractivity contribution in [3.63, 3.8) is 0 Å². The van der Waals surface area contributed by atoms with E-state index in [1.807, 2.05) is 0 Å². The van der Waals surface area contributed by atoms with Crippen LogP contribution in [-0.4, -0.2) is 15.9 Å². The molecule has 0 saturated heterocycles. The zero-order valence-corrected chi connectivity index (χ0v) is 13.4. The Kier molecular flexibility index (Phi) is 5.45. The minimum absolute atomic E-state index is 0.0469. The number of hydrazine groups is 1. The van der Waals surface area contributed by atoms with Gasteiger partial charge in [-0.25, -0.2) is 24.6 Å². The van der Waals surface area contributed by atoms with Crippen LogP contribution in [0.3, 0.4) is 0 Å². The van der Waals surface area contributed by atoms with E-state index >= 15 is 0 Å². The molecule has 0 aliphatic carbocycles. The second-order valence-electron chi connectivity index (χ2n) is 5.07. The van der Waals surface area contributed by atoms with Crippen molar-refractivity contribution in [3.8, 4) is 16.9 Å². The van der Waals surface area contributed by atoms with E-state index in [0.29, 0.717) is 11.1 Å². The number of benzene rings is 1. The van der Waals surface area contributed by atoms with Crippen molar-refractivity contribution >= 4 is 11.7 Å². The Bertz CT molecular complexity index is 873. The summed E-state index contributed by atoms with van der Waals surface area (Å²) < 4.78 is 26.5. The first-order valence-electron chi connectivity index (χ1n) is 7.15. The summed E-state index contributed by atoms with van der Waals surface area (Å²) in [5.74, 6) is 3.23. The summed E-state index contributed by atoms with van der Waals surface area (Å²) in [6.07, 6.45) is 1.46. The number of aliphatic imine (C=N–C) groups is 1. The third kappa shape index (κ3) is 3.99. The first kappa shape index (κ1) is 18.1. The highest BCUT2D eigenvalue weighted by atomic mass is 19.2. The van der Waals surface area contributed by atoms with Gasteiger partial charge in [-0.15, -0.1) is 0 Å². The smallest absolute Gasteiger partial charge is 0.179 e. The lowest BCUT2D eigenvalue weighted by atomic mass is 10.0. The highest BCUT2D eigenvalue weighted by Crippen LogP contribution is 2.30. The van der Waals surface area contributed by atoms with Crippen molar-refractivity contribution in [1.29, 1.82) is 0 Å². The molecule has 1 aromatic heterocycles. The van der Waals surface area contributed by atoms with Crippen LogP contribution in [0.4, 0.5) is 14.6 Å². The fourth-order valence-corrected chi connectivity index (χ4v) is 2.08. The second kappa shape index (κ2) is 7.54. The molecule has 0 bridgehead atoms. The number of para-hydroxylation sites is 1. The summed E-state index contributed by atoms with van der Waals surface area (Å²) in [6.45, 7) is 4.30. The number of phenolic OH excluding ortho intramolecular Hbond substituents is 1. The Labute approximate surface area is 143 Å². The molecule has 0 atom stereocenters. The molecule has 0 spiro atoms. The summed E-state index contributed by atoms with van der Waals surface area (Å²) in [6, 6.07) is 8.19. The Morgan fingerprint density at radius 2 is 2.00 bits per heavy atom. The number of nitrogens with two attached hydrogens (primary N) is 2. The lowest BCUT2D eigenvalue weighted by Crippen LogP contribution is -2.32. The molecule has 8 heteroatoms. The van der Waals surface area contributed by atoms with Crippen LogP contribution in [0, 0.1) is 0 Å². The average molecular weight is 345 g/mol. The van der Waals surface area contributed by atoms with Crippen LogP contribution >= 0.6 is 0 Å². The second-order valence-corrected chi connectivity index (χ2v) is 5.07. The molecule has 0 amide bonds. The molecule has 0 fully saturated rings. The molecular weight excluding hydrogens is 328 g/mol. The van der Waals surface area contributed by atoms with Crippen LogP contribution in [0.25, 0.3) is 11.1 Å². The number of pyridine rings is 1. The molecule has 1 aromatic carbocycles. The largest absolute Gasteiger partial charge is 0.507 e. The summed E-state index contributed by atoms with van der Waals surface area (Å²) in [4.78, 5) is 7.87. The van der Waals surface area contributed by atoms with Gasteiger partial charge in [-0.1, -0.05) is 24.8 Å². The Morgan fingerprint density at radius 3 is 2.60 bits per heavy atom. The summed E-state index contributed by atoms with van der Waals surface area (Å²) in [7, 11) is 0. The van der Waals surface area contributed by atoms with Crippen molar-refractivity contribution in [2.45, 2.75) is 6.92 Å². The van der Waals surface area contributed by atoms with Crippen molar-refractivity contribution in [2.24, 2.45) is 10.8 Å². The number of hydrogen-bond donors (Lipinski definition) is 4. The van der Waals surface area contributed by atoms with Gasteiger partial charge in [0.05, 0.1) is 11.3 Å². The van der Waals surface area contributed by atoms with Crippen LogP contribution in [0.15, 0.2) is 65.5 Å². The zero-order chi connectivity index (χ0) is 18.6. The Hall–Kier alpha value is -3.26. The number of nitrogens with zero attached hydrogens (tertiary/aromatic N) is 2.